The average molecular weight is 354 g/mol. The van der Waals surface area contributed by atoms with Crippen LogP contribution in [0.4, 0.5) is 0 Å². The van der Waals surface area contributed by atoms with Crippen LogP contribution < -0.4 is 0 Å². The minimum absolute atomic E-state index is 0.218. The molecule has 2 aliphatic rings. The molecule has 2 unspecified atom stereocenters. The number of hydrogen-bond acceptors (Lipinski definition) is 3. The lowest BCUT2D eigenvalue weighted by Crippen LogP contribution is -2.53. The second kappa shape index (κ2) is 7.43. The summed E-state index contributed by atoms with van der Waals surface area (Å²) in [5, 5.41) is 1.08. The van der Waals surface area contributed by atoms with Crippen molar-refractivity contribution in [2.24, 2.45) is 0 Å². The number of likely N-dealkylation sites (tertiary alicyclic amines) is 1. The summed E-state index contributed by atoms with van der Waals surface area (Å²) in [6.07, 6.45) is 7.95. The third-order valence-corrected chi connectivity index (χ3v) is 6.42. The number of likely N-dealkylation sites (N-methyl/N-ethyl adjacent to an activating group) is 1. The molecular weight excluding hydrogens is 324 g/mol. The molecule has 1 amide bonds. The fourth-order valence-electron chi connectivity index (χ4n) is 4.94. The first-order valence-corrected chi connectivity index (χ1v) is 10.1. The van der Waals surface area contributed by atoms with E-state index in [-0.39, 0.29) is 5.91 Å². The number of nitrogens with zero attached hydrogens (tertiary/aromatic N) is 2. The van der Waals surface area contributed by atoms with Crippen LogP contribution in [0, 0.1) is 6.92 Å². The molecule has 1 aromatic carbocycles. The van der Waals surface area contributed by atoms with Crippen LogP contribution in [-0.4, -0.2) is 47.9 Å². The number of carbonyl (C=O) groups is 1. The molecular formula is C22H30N2O2. The van der Waals surface area contributed by atoms with E-state index in [1.165, 1.54) is 45.2 Å². The third kappa shape index (κ3) is 3.27. The number of para-hydroxylation sites is 1. The second-order valence-corrected chi connectivity index (χ2v) is 7.98. The molecule has 140 valence electrons. The van der Waals surface area contributed by atoms with E-state index in [4.69, 9.17) is 4.42 Å². The Morgan fingerprint density at radius 3 is 2.69 bits per heavy atom. The van der Waals surface area contributed by atoms with E-state index in [9.17, 15) is 4.79 Å². The smallest absolute Gasteiger partial charge is 0.227 e. The first-order chi connectivity index (χ1) is 12.6. The van der Waals surface area contributed by atoms with Crippen LogP contribution in [0.5, 0.6) is 0 Å². The summed E-state index contributed by atoms with van der Waals surface area (Å²) in [6, 6.07) is 8.92. The Labute approximate surface area is 156 Å². The molecule has 4 rings (SSSR count). The van der Waals surface area contributed by atoms with Gasteiger partial charge in [-0.05, 0) is 51.8 Å². The van der Waals surface area contributed by atoms with Gasteiger partial charge in [-0.3, -0.25) is 9.69 Å². The lowest BCUT2D eigenvalue weighted by molar-refractivity contribution is -0.133. The molecule has 0 N–H and O–H groups in total. The molecule has 1 saturated heterocycles. The molecule has 4 nitrogen and oxygen atoms in total. The molecule has 1 saturated carbocycles. The van der Waals surface area contributed by atoms with Gasteiger partial charge in [0.1, 0.15) is 11.3 Å². The minimum atomic E-state index is 0.218. The van der Waals surface area contributed by atoms with Gasteiger partial charge >= 0.3 is 0 Å². The normalized spacial score (nSPS) is 24.2. The van der Waals surface area contributed by atoms with Crippen molar-refractivity contribution in [3.05, 3.63) is 35.6 Å². The van der Waals surface area contributed by atoms with Crippen LogP contribution >= 0.6 is 0 Å². The molecule has 1 aliphatic heterocycles. The van der Waals surface area contributed by atoms with Crippen molar-refractivity contribution >= 4 is 16.9 Å². The van der Waals surface area contributed by atoms with Crippen LogP contribution in [0.2, 0.25) is 0 Å². The number of furan rings is 1. The molecule has 0 radical (unpaired) electrons. The SMILES string of the molecule is Cc1oc2ccccc2c1CC(=O)N(C)C1CCCCC1N1CCCC1. The van der Waals surface area contributed by atoms with Gasteiger partial charge in [-0.25, -0.2) is 0 Å². The zero-order chi connectivity index (χ0) is 18.1. The molecule has 1 aromatic heterocycles. The molecule has 2 fully saturated rings. The van der Waals surface area contributed by atoms with E-state index in [0.717, 1.165) is 28.7 Å². The Hall–Kier alpha value is -1.81. The van der Waals surface area contributed by atoms with Gasteiger partial charge in [0.15, 0.2) is 0 Å². The summed E-state index contributed by atoms with van der Waals surface area (Å²) >= 11 is 0. The van der Waals surface area contributed by atoms with Gasteiger partial charge in [-0.2, -0.15) is 0 Å². The van der Waals surface area contributed by atoms with E-state index in [0.29, 0.717) is 18.5 Å². The van der Waals surface area contributed by atoms with Crippen molar-refractivity contribution in [3.63, 3.8) is 0 Å². The number of rotatable bonds is 4. The Bertz CT molecular complexity index is 776. The summed E-state index contributed by atoms with van der Waals surface area (Å²) in [5.74, 6) is 1.09. The maximum absolute atomic E-state index is 13.1. The van der Waals surface area contributed by atoms with Crippen LogP contribution in [0.15, 0.2) is 28.7 Å². The van der Waals surface area contributed by atoms with Gasteiger partial charge in [0.25, 0.3) is 0 Å². The predicted molar refractivity (Wildman–Crippen MR) is 104 cm³/mol. The highest BCUT2D eigenvalue weighted by Crippen LogP contribution is 2.30. The maximum Gasteiger partial charge on any atom is 0.227 e. The zero-order valence-corrected chi connectivity index (χ0v) is 16.0. The summed E-state index contributed by atoms with van der Waals surface area (Å²) in [6.45, 7) is 4.37. The maximum atomic E-state index is 13.1. The zero-order valence-electron chi connectivity index (χ0n) is 16.0. The molecule has 2 heterocycles. The van der Waals surface area contributed by atoms with E-state index in [1.54, 1.807) is 0 Å². The highest BCUT2D eigenvalue weighted by Gasteiger charge is 2.35. The number of amides is 1. The van der Waals surface area contributed by atoms with Crippen LogP contribution in [0.3, 0.4) is 0 Å². The van der Waals surface area contributed by atoms with Gasteiger partial charge in [0.2, 0.25) is 5.91 Å². The minimum Gasteiger partial charge on any atom is -0.461 e. The summed E-state index contributed by atoms with van der Waals surface area (Å²) < 4.78 is 5.85. The first kappa shape index (κ1) is 17.6. The van der Waals surface area contributed by atoms with E-state index in [2.05, 4.69) is 11.0 Å². The topological polar surface area (TPSA) is 36.7 Å². The van der Waals surface area contributed by atoms with E-state index >= 15 is 0 Å². The highest BCUT2D eigenvalue weighted by molar-refractivity contribution is 5.88. The van der Waals surface area contributed by atoms with Crippen LogP contribution in [-0.2, 0) is 11.2 Å². The van der Waals surface area contributed by atoms with Crippen LogP contribution in [0.1, 0.15) is 49.8 Å². The van der Waals surface area contributed by atoms with Crippen molar-refractivity contribution in [1.29, 1.82) is 0 Å². The Morgan fingerprint density at radius 1 is 1.15 bits per heavy atom. The van der Waals surface area contributed by atoms with Crippen LogP contribution in [0.25, 0.3) is 11.0 Å². The number of hydrogen-bond donors (Lipinski definition) is 0. The lowest BCUT2D eigenvalue weighted by Gasteiger charge is -2.42. The van der Waals surface area contributed by atoms with Crippen molar-refractivity contribution in [2.75, 3.05) is 20.1 Å². The predicted octanol–water partition coefficient (Wildman–Crippen LogP) is 4.15. The monoisotopic (exact) mass is 354 g/mol. The second-order valence-electron chi connectivity index (χ2n) is 7.98. The van der Waals surface area contributed by atoms with Gasteiger partial charge in [-0.15, -0.1) is 0 Å². The fraction of sp³-hybridized carbons (Fsp3) is 0.591. The molecule has 26 heavy (non-hydrogen) atoms. The molecule has 2 aromatic rings. The standard InChI is InChI=1S/C22H30N2O2/c1-16-18(17-9-3-6-12-21(17)26-16)15-22(25)23(2)19-10-4-5-11-20(19)24-13-7-8-14-24/h3,6,9,12,19-20H,4-5,7-8,10-11,13-15H2,1-2H3. The number of benzene rings is 1. The Kier molecular flexibility index (Phi) is 5.03. The van der Waals surface area contributed by atoms with E-state index in [1.807, 2.05) is 37.1 Å². The first-order valence-electron chi connectivity index (χ1n) is 10.1. The Morgan fingerprint density at radius 2 is 1.88 bits per heavy atom. The molecule has 2 atom stereocenters. The fourth-order valence-corrected chi connectivity index (χ4v) is 4.94. The number of carbonyl (C=O) groups excluding carboxylic acids is 1. The summed E-state index contributed by atoms with van der Waals surface area (Å²) in [5.41, 5.74) is 1.93. The molecule has 0 spiro atoms. The van der Waals surface area contributed by atoms with Crippen molar-refractivity contribution < 1.29 is 9.21 Å². The van der Waals surface area contributed by atoms with Crippen molar-refractivity contribution in [1.82, 2.24) is 9.80 Å². The Balaban J connectivity index is 1.52. The number of fused-ring (bicyclic) bond motifs is 1. The number of aryl methyl sites for hydroxylation is 1. The summed E-state index contributed by atoms with van der Waals surface area (Å²) in [7, 11) is 2.01. The summed E-state index contributed by atoms with van der Waals surface area (Å²) in [4.78, 5) is 17.8. The van der Waals surface area contributed by atoms with Crippen molar-refractivity contribution in [2.45, 2.75) is 64.0 Å². The molecule has 0 bridgehead atoms. The third-order valence-electron chi connectivity index (χ3n) is 6.42. The van der Waals surface area contributed by atoms with Gasteiger partial charge < -0.3 is 9.32 Å². The molecule has 1 aliphatic carbocycles. The van der Waals surface area contributed by atoms with Gasteiger partial charge in [-0.1, -0.05) is 31.0 Å². The lowest BCUT2D eigenvalue weighted by atomic mass is 9.88. The quantitative estimate of drug-likeness (QED) is 0.828. The highest BCUT2D eigenvalue weighted by atomic mass is 16.3. The van der Waals surface area contributed by atoms with Gasteiger partial charge in [0.05, 0.1) is 6.42 Å². The average Bonchev–Trinajstić information content (AvgIpc) is 3.30. The van der Waals surface area contributed by atoms with E-state index < -0.39 is 0 Å². The molecule has 4 heteroatoms. The van der Waals surface area contributed by atoms with Gasteiger partial charge in [0, 0.05) is 30.1 Å². The van der Waals surface area contributed by atoms with Crippen molar-refractivity contribution in [3.8, 4) is 0 Å². The largest absolute Gasteiger partial charge is 0.461 e.